The summed E-state index contributed by atoms with van der Waals surface area (Å²) in [6, 6.07) is 3.25. The largest absolute Gasteiger partial charge is 0.493 e. The first kappa shape index (κ1) is 15.2. The zero-order valence-corrected chi connectivity index (χ0v) is 13.1. The van der Waals surface area contributed by atoms with Crippen LogP contribution in [0.1, 0.15) is 10.4 Å². The Morgan fingerprint density at radius 2 is 1.76 bits per heavy atom. The van der Waals surface area contributed by atoms with Gasteiger partial charge in [-0.1, -0.05) is 0 Å². The van der Waals surface area contributed by atoms with Gasteiger partial charge in [0.05, 0.1) is 21.3 Å². The fourth-order valence-electron chi connectivity index (χ4n) is 1.79. The molecule has 0 N–H and O–H groups in total. The molecule has 1 aromatic heterocycles. The van der Waals surface area contributed by atoms with Gasteiger partial charge in [0, 0.05) is 25.0 Å². The highest BCUT2D eigenvalue weighted by molar-refractivity contribution is 8.14. The van der Waals surface area contributed by atoms with Crippen LogP contribution in [0.25, 0.3) is 0 Å². The predicted octanol–water partition coefficient (Wildman–Crippen LogP) is 2.38. The summed E-state index contributed by atoms with van der Waals surface area (Å²) in [6.07, 6.45) is 3.43. The van der Waals surface area contributed by atoms with Gasteiger partial charge in [-0.15, -0.1) is 0 Å². The van der Waals surface area contributed by atoms with Crippen molar-refractivity contribution in [3.63, 3.8) is 0 Å². The standard InChI is InChI=1S/C14H16N2O4S/c1-16-6-5-15-14(16)21-13(17)9-7-10(18-2)12(20-4)11(8-9)19-3/h5-8H,1-4H3. The predicted molar refractivity (Wildman–Crippen MR) is 79.5 cm³/mol. The maximum atomic E-state index is 12.4. The fraction of sp³-hybridized carbons (Fsp3) is 0.286. The zero-order valence-electron chi connectivity index (χ0n) is 12.2. The molecular formula is C14H16N2O4S. The molecule has 0 atom stereocenters. The molecule has 0 aliphatic carbocycles. The summed E-state index contributed by atoms with van der Waals surface area (Å²) < 4.78 is 17.5. The molecule has 112 valence electrons. The van der Waals surface area contributed by atoms with Crippen molar-refractivity contribution >= 4 is 16.9 Å². The number of hydrogen-bond donors (Lipinski definition) is 0. The van der Waals surface area contributed by atoms with E-state index < -0.39 is 0 Å². The second-order valence-corrected chi connectivity index (χ2v) is 5.06. The molecule has 0 fully saturated rings. The van der Waals surface area contributed by atoms with E-state index >= 15 is 0 Å². The number of hydrogen-bond acceptors (Lipinski definition) is 6. The number of aryl methyl sites for hydroxylation is 1. The van der Waals surface area contributed by atoms with Crippen molar-refractivity contribution in [1.82, 2.24) is 9.55 Å². The summed E-state index contributed by atoms with van der Waals surface area (Å²) in [5.74, 6) is 1.35. The van der Waals surface area contributed by atoms with Gasteiger partial charge in [0.1, 0.15) is 0 Å². The van der Waals surface area contributed by atoms with E-state index in [0.29, 0.717) is 28.0 Å². The maximum Gasteiger partial charge on any atom is 0.227 e. The lowest BCUT2D eigenvalue weighted by molar-refractivity contribution is 0.108. The molecule has 0 aliphatic rings. The molecule has 6 nitrogen and oxygen atoms in total. The fourth-order valence-corrected chi connectivity index (χ4v) is 2.51. The molecule has 2 rings (SSSR count). The van der Waals surface area contributed by atoms with Crippen molar-refractivity contribution < 1.29 is 19.0 Å². The van der Waals surface area contributed by atoms with Gasteiger partial charge in [-0.3, -0.25) is 4.79 Å². The van der Waals surface area contributed by atoms with Crippen LogP contribution in [0.2, 0.25) is 0 Å². The van der Waals surface area contributed by atoms with Crippen molar-refractivity contribution in [3.8, 4) is 17.2 Å². The van der Waals surface area contributed by atoms with Gasteiger partial charge in [0.25, 0.3) is 0 Å². The van der Waals surface area contributed by atoms with Crippen LogP contribution in [-0.2, 0) is 7.05 Å². The molecule has 0 radical (unpaired) electrons. The van der Waals surface area contributed by atoms with E-state index in [2.05, 4.69) is 4.98 Å². The van der Waals surface area contributed by atoms with Crippen molar-refractivity contribution in [2.75, 3.05) is 21.3 Å². The van der Waals surface area contributed by atoms with E-state index in [1.165, 1.54) is 21.3 Å². The summed E-state index contributed by atoms with van der Waals surface area (Å²) in [4.78, 5) is 16.5. The topological polar surface area (TPSA) is 62.6 Å². The molecule has 0 saturated carbocycles. The van der Waals surface area contributed by atoms with Gasteiger partial charge < -0.3 is 18.8 Å². The number of methoxy groups -OCH3 is 3. The molecule has 21 heavy (non-hydrogen) atoms. The zero-order chi connectivity index (χ0) is 15.4. The number of thioether (sulfide) groups is 1. The third-order valence-electron chi connectivity index (χ3n) is 2.86. The van der Waals surface area contributed by atoms with Gasteiger partial charge in [-0.25, -0.2) is 4.98 Å². The van der Waals surface area contributed by atoms with E-state index in [-0.39, 0.29) is 5.12 Å². The Morgan fingerprint density at radius 1 is 1.14 bits per heavy atom. The molecule has 1 aromatic carbocycles. The summed E-state index contributed by atoms with van der Waals surface area (Å²) in [5, 5.41) is 0.470. The van der Waals surface area contributed by atoms with Crippen LogP contribution in [0.5, 0.6) is 17.2 Å². The van der Waals surface area contributed by atoms with Gasteiger partial charge in [0.2, 0.25) is 10.9 Å². The number of benzene rings is 1. The van der Waals surface area contributed by atoms with Crippen molar-refractivity contribution in [2.45, 2.75) is 5.16 Å². The number of carbonyl (C=O) groups excluding carboxylic acids is 1. The molecule has 0 unspecified atom stereocenters. The summed E-state index contributed by atoms with van der Waals surface area (Å²) >= 11 is 1.04. The monoisotopic (exact) mass is 308 g/mol. The number of rotatable bonds is 5. The first-order valence-corrected chi connectivity index (χ1v) is 6.91. The molecule has 0 bridgehead atoms. The third kappa shape index (κ3) is 3.13. The van der Waals surface area contributed by atoms with E-state index in [1.54, 1.807) is 29.1 Å². The van der Waals surface area contributed by atoms with Gasteiger partial charge in [-0.05, 0) is 23.9 Å². The Morgan fingerprint density at radius 3 is 2.19 bits per heavy atom. The second kappa shape index (κ2) is 6.53. The van der Waals surface area contributed by atoms with E-state index in [4.69, 9.17) is 14.2 Å². The Balaban J connectivity index is 2.35. The third-order valence-corrected chi connectivity index (χ3v) is 3.86. The number of imidazole rings is 1. The first-order valence-electron chi connectivity index (χ1n) is 6.10. The highest BCUT2D eigenvalue weighted by Gasteiger charge is 2.18. The Kier molecular flexibility index (Phi) is 4.74. The molecule has 0 saturated heterocycles. The maximum absolute atomic E-state index is 12.4. The first-order chi connectivity index (χ1) is 10.1. The molecule has 0 amide bonds. The van der Waals surface area contributed by atoms with Crippen LogP contribution in [-0.4, -0.2) is 36.0 Å². The quantitative estimate of drug-likeness (QED) is 0.790. The SMILES string of the molecule is COc1cc(C(=O)Sc2nccn2C)cc(OC)c1OC. The van der Waals surface area contributed by atoms with Crippen LogP contribution in [0.15, 0.2) is 29.7 Å². The van der Waals surface area contributed by atoms with Crippen LogP contribution < -0.4 is 14.2 Å². The Bertz CT molecular complexity index is 629. The lowest BCUT2D eigenvalue weighted by Crippen LogP contribution is -2.01. The van der Waals surface area contributed by atoms with Crippen molar-refractivity contribution in [3.05, 3.63) is 30.1 Å². The van der Waals surface area contributed by atoms with Crippen LogP contribution in [0.4, 0.5) is 0 Å². The number of carbonyl (C=O) groups is 1. The van der Waals surface area contributed by atoms with Gasteiger partial charge >= 0.3 is 0 Å². The van der Waals surface area contributed by atoms with E-state index in [9.17, 15) is 4.79 Å². The summed E-state index contributed by atoms with van der Waals surface area (Å²) in [7, 11) is 6.37. The van der Waals surface area contributed by atoms with E-state index in [0.717, 1.165) is 11.8 Å². The van der Waals surface area contributed by atoms with Gasteiger partial charge in [0.15, 0.2) is 16.7 Å². The second-order valence-electron chi connectivity index (χ2n) is 4.12. The average Bonchev–Trinajstić information content (AvgIpc) is 2.90. The molecule has 0 spiro atoms. The lowest BCUT2D eigenvalue weighted by Gasteiger charge is -2.13. The minimum atomic E-state index is -0.149. The highest BCUT2D eigenvalue weighted by Crippen LogP contribution is 2.39. The molecule has 0 aliphatic heterocycles. The highest BCUT2D eigenvalue weighted by atomic mass is 32.2. The lowest BCUT2D eigenvalue weighted by atomic mass is 10.2. The van der Waals surface area contributed by atoms with Crippen LogP contribution >= 0.6 is 11.8 Å². The van der Waals surface area contributed by atoms with Crippen LogP contribution in [0.3, 0.4) is 0 Å². The number of ether oxygens (including phenoxy) is 3. The molecule has 1 heterocycles. The molecule has 7 heteroatoms. The Labute approximate surface area is 127 Å². The van der Waals surface area contributed by atoms with Gasteiger partial charge in [-0.2, -0.15) is 0 Å². The minimum Gasteiger partial charge on any atom is -0.493 e. The number of nitrogens with zero attached hydrogens (tertiary/aromatic N) is 2. The van der Waals surface area contributed by atoms with Crippen molar-refractivity contribution in [1.29, 1.82) is 0 Å². The van der Waals surface area contributed by atoms with E-state index in [1.807, 2.05) is 7.05 Å². The smallest absolute Gasteiger partial charge is 0.227 e. The van der Waals surface area contributed by atoms with Crippen molar-refractivity contribution in [2.24, 2.45) is 7.05 Å². The molecule has 2 aromatic rings. The van der Waals surface area contributed by atoms with Crippen LogP contribution in [0, 0.1) is 0 Å². The summed E-state index contributed by atoms with van der Waals surface area (Å²) in [6.45, 7) is 0. The average molecular weight is 308 g/mol. The molecular weight excluding hydrogens is 292 g/mol. The normalized spacial score (nSPS) is 10.3. The summed E-state index contributed by atoms with van der Waals surface area (Å²) in [5.41, 5.74) is 0.456. The minimum absolute atomic E-state index is 0.149. The Hall–Kier alpha value is -2.15. The number of aromatic nitrogens is 2.